The van der Waals surface area contributed by atoms with Gasteiger partial charge in [0.05, 0.1) is 17.9 Å². The van der Waals surface area contributed by atoms with E-state index in [2.05, 4.69) is 13.5 Å². The molecule has 0 radical (unpaired) electrons. The van der Waals surface area contributed by atoms with Gasteiger partial charge in [-0.2, -0.15) is 0 Å². The second-order valence-corrected chi connectivity index (χ2v) is 8.47. The molecule has 174 valence electrons. The lowest BCUT2D eigenvalue weighted by atomic mass is 10.0. The van der Waals surface area contributed by atoms with E-state index >= 15 is 0 Å². The van der Waals surface area contributed by atoms with Crippen molar-refractivity contribution in [1.82, 2.24) is 4.90 Å². The van der Waals surface area contributed by atoms with E-state index in [0.717, 1.165) is 36.2 Å². The van der Waals surface area contributed by atoms with E-state index in [1.54, 1.807) is 6.20 Å². The van der Waals surface area contributed by atoms with Crippen molar-refractivity contribution in [3.8, 4) is 0 Å². The molecule has 0 aromatic heterocycles. The van der Waals surface area contributed by atoms with E-state index in [9.17, 15) is 9.59 Å². The molecule has 0 saturated carbocycles. The fourth-order valence-corrected chi connectivity index (χ4v) is 4.33. The summed E-state index contributed by atoms with van der Waals surface area (Å²) in [6.07, 6.45) is 9.06. The Morgan fingerprint density at radius 1 is 1.09 bits per heavy atom. The van der Waals surface area contributed by atoms with Crippen LogP contribution in [0.2, 0.25) is 0 Å². The number of carbonyl (C=O) groups excluding carboxylic acids is 2. The van der Waals surface area contributed by atoms with Gasteiger partial charge in [0.25, 0.3) is 0 Å². The van der Waals surface area contributed by atoms with Crippen molar-refractivity contribution in [2.75, 3.05) is 16.3 Å². The molecule has 33 heavy (non-hydrogen) atoms. The Hall–Kier alpha value is -3.34. The van der Waals surface area contributed by atoms with Crippen molar-refractivity contribution in [3.63, 3.8) is 0 Å². The van der Waals surface area contributed by atoms with Gasteiger partial charge in [-0.3, -0.25) is 9.59 Å². The summed E-state index contributed by atoms with van der Waals surface area (Å²) in [5.74, 6) is 0.151. The van der Waals surface area contributed by atoms with Gasteiger partial charge in [-0.1, -0.05) is 61.5 Å². The maximum absolute atomic E-state index is 13.5. The van der Waals surface area contributed by atoms with Crippen LogP contribution >= 0.6 is 0 Å². The molecule has 0 bridgehead atoms. The molecule has 1 aliphatic rings. The highest BCUT2D eigenvalue weighted by atomic mass is 16.2. The van der Waals surface area contributed by atoms with Crippen molar-refractivity contribution in [2.45, 2.75) is 58.5 Å². The summed E-state index contributed by atoms with van der Waals surface area (Å²) in [4.78, 5) is 32.5. The average Bonchev–Trinajstić information content (AvgIpc) is 2.83. The van der Waals surface area contributed by atoms with Crippen LogP contribution in [0.5, 0.6) is 0 Å². The maximum Gasteiger partial charge on any atom is 0.229 e. The summed E-state index contributed by atoms with van der Waals surface area (Å²) >= 11 is 0. The topological polar surface area (TPSA) is 43.9 Å². The second kappa shape index (κ2) is 12.0. The number of nitrogens with zero attached hydrogens (tertiary/aromatic N) is 3. The lowest BCUT2D eigenvalue weighted by molar-refractivity contribution is -0.120. The van der Waals surface area contributed by atoms with Crippen LogP contribution in [0.1, 0.15) is 51.5 Å². The predicted octanol–water partition coefficient (Wildman–Crippen LogP) is 5.88. The van der Waals surface area contributed by atoms with E-state index < -0.39 is 0 Å². The molecule has 1 aliphatic heterocycles. The van der Waals surface area contributed by atoms with Gasteiger partial charge in [-0.05, 0) is 56.8 Å². The largest absolute Gasteiger partial charge is 0.355 e. The molecule has 0 saturated heterocycles. The van der Waals surface area contributed by atoms with Gasteiger partial charge in [-0.15, -0.1) is 0 Å². The quantitative estimate of drug-likeness (QED) is 0.534. The van der Waals surface area contributed by atoms with Gasteiger partial charge < -0.3 is 14.7 Å². The molecule has 0 N–H and O–H groups in total. The minimum atomic E-state index is 0.0457. The fourth-order valence-electron chi connectivity index (χ4n) is 4.33. The minimum Gasteiger partial charge on any atom is -0.355 e. The number of amides is 2. The molecule has 3 rings (SSSR count). The monoisotopic (exact) mass is 445 g/mol. The van der Waals surface area contributed by atoms with Crippen LogP contribution in [0.3, 0.4) is 0 Å². The van der Waals surface area contributed by atoms with Crippen LogP contribution in [0, 0.1) is 0 Å². The first kappa shape index (κ1) is 24.3. The van der Waals surface area contributed by atoms with Crippen LogP contribution in [0.15, 0.2) is 79.7 Å². The zero-order chi connectivity index (χ0) is 23.6. The molecule has 0 unspecified atom stereocenters. The Morgan fingerprint density at radius 3 is 2.48 bits per heavy atom. The number of anilines is 2. The summed E-state index contributed by atoms with van der Waals surface area (Å²) in [7, 11) is 0. The number of carbonyl (C=O) groups is 2. The van der Waals surface area contributed by atoms with Crippen molar-refractivity contribution in [3.05, 3.63) is 85.2 Å². The van der Waals surface area contributed by atoms with E-state index in [0.29, 0.717) is 25.9 Å². The van der Waals surface area contributed by atoms with Crippen molar-refractivity contribution >= 4 is 23.2 Å². The molecule has 1 atom stereocenters. The second-order valence-electron chi connectivity index (χ2n) is 8.47. The normalized spacial score (nSPS) is 17.0. The molecule has 0 spiro atoms. The molecular formula is C28H35N3O2. The smallest absolute Gasteiger partial charge is 0.229 e. The SMILES string of the molecule is C=CN(/C=C\C)CCC(=O)N1c2ccccc2N(Cc2ccccc2)C(=O)CCCC[C@@H]1C. The molecule has 5 heteroatoms. The number of fused-ring (bicyclic) bond motifs is 1. The van der Waals surface area contributed by atoms with E-state index in [1.165, 1.54) is 0 Å². The molecule has 1 heterocycles. The van der Waals surface area contributed by atoms with Crippen LogP contribution in [0.25, 0.3) is 0 Å². The number of hydrogen-bond donors (Lipinski definition) is 0. The number of para-hydroxylation sites is 2. The van der Waals surface area contributed by atoms with Crippen molar-refractivity contribution in [2.24, 2.45) is 0 Å². The zero-order valence-electron chi connectivity index (χ0n) is 19.8. The third kappa shape index (κ3) is 6.35. The first-order valence-corrected chi connectivity index (χ1v) is 11.8. The Bertz CT molecular complexity index is 970. The number of benzene rings is 2. The lowest BCUT2D eigenvalue weighted by Crippen LogP contribution is -2.42. The highest BCUT2D eigenvalue weighted by molar-refractivity contribution is 6.02. The van der Waals surface area contributed by atoms with Gasteiger partial charge in [0.15, 0.2) is 0 Å². The number of rotatable bonds is 7. The standard InChI is InChI=1S/C28H35N3O2/c1-4-20-29(5-2)21-19-28(33)31-23(3)13-9-12-18-27(32)30(22-24-14-7-6-8-15-24)25-16-10-11-17-26(25)31/h4-8,10-11,14-17,20,23H,2,9,12-13,18-19,21-22H2,1,3H3/b20-4-/t23-/m0/s1. The van der Waals surface area contributed by atoms with Gasteiger partial charge in [0.1, 0.15) is 0 Å². The molecule has 2 aromatic carbocycles. The Labute approximate surface area is 198 Å². The zero-order valence-corrected chi connectivity index (χ0v) is 19.8. The molecule has 0 aliphatic carbocycles. The van der Waals surface area contributed by atoms with E-state index in [4.69, 9.17) is 0 Å². The predicted molar refractivity (Wildman–Crippen MR) is 136 cm³/mol. The molecule has 5 nitrogen and oxygen atoms in total. The van der Waals surface area contributed by atoms with Crippen molar-refractivity contribution in [1.29, 1.82) is 0 Å². The summed E-state index contributed by atoms with van der Waals surface area (Å²) in [5.41, 5.74) is 2.66. The number of allylic oxidation sites excluding steroid dienone is 1. The third-order valence-corrected chi connectivity index (χ3v) is 6.05. The number of hydrogen-bond acceptors (Lipinski definition) is 3. The van der Waals surface area contributed by atoms with Gasteiger partial charge >= 0.3 is 0 Å². The Kier molecular flexibility index (Phi) is 8.87. The van der Waals surface area contributed by atoms with Crippen LogP contribution in [-0.4, -0.2) is 29.3 Å². The first-order valence-electron chi connectivity index (χ1n) is 11.8. The summed E-state index contributed by atoms with van der Waals surface area (Å²) in [5, 5.41) is 0. The molecule has 2 aromatic rings. The Balaban J connectivity index is 1.98. The van der Waals surface area contributed by atoms with Crippen LogP contribution in [-0.2, 0) is 16.1 Å². The van der Waals surface area contributed by atoms with Gasteiger partial charge in [0.2, 0.25) is 11.8 Å². The highest BCUT2D eigenvalue weighted by Gasteiger charge is 2.29. The maximum atomic E-state index is 13.5. The first-order chi connectivity index (χ1) is 16.0. The highest BCUT2D eigenvalue weighted by Crippen LogP contribution is 2.35. The summed E-state index contributed by atoms with van der Waals surface area (Å²) in [6, 6.07) is 17.9. The van der Waals surface area contributed by atoms with Gasteiger partial charge in [0, 0.05) is 25.4 Å². The molecule has 2 amide bonds. The van der Waals surface area contributed by atoms with Gasteiger partial charge in [-0.25, -0.2) is 0 Å². The lowest BCUT2D eigenvalue weighted by Gasteiger charge is -2.35. The molecular weight excluding hydrogens is 410 g/mol. The van der Waals surface area contributed by atoms with Crippen molar-refractivity contribution < 1.29 is 9.59 Å². The Morgan fingerprint density at radius 2 is 1.79 bits per heavy atom. The summed E-state index contributed by atoms with van der Waals surface area (Å²) in [6.45, 7) is 8.93. The van der Waals surface area contributed by atoms with Crippen LogP contribution in [0.4, 0.5) is 11.4 Å². The average molecular weight is 446 g/mol. The minimum absolute atomic E-state index is 0.0457. The van der Waals surface area contributed by atoms with Crippen LogP contribution < -0.4 is 9.80 Å². The fraction of sp³-hybridized carbons (Fsp3) is 0.357. The molecule has 0 fully saturated rings. The van der Waals surface area contributed by atoms with E-state index in [-0.39, 0.29) is 17.9 Å². The van der Waals surface area contributed by atoms with E-state index in [1.807, 2.05) is 88.5 Å². The third-order valence-electron chi connectivity index (χ3n) is 6.05. The summed E-state index contributed by atoms with van der Waals surface area (Å²) < 4.78 is 0.